The topological polar surface area (TPSA) is 44.2 Å². The van der Waals surface area contributed by atoms with E-state index in [4.69, 9.17) is 44.3 Å². The van der Waals surface area contributed by atoms with Gasteiger partial charge in [-0.15, -0.1) is 0 Å². The first-order valence-electron chi connectivity index (χ1n) is 9.60. The molecule has 1 aromatic heterocycles. The van der Waals surface area contributed by atoms with Gasteiger partial charge in [-0.25, -0.2) is 8.78 Å². The summed E-state index contributed by atoms with van der Waals surface area (Å²) in [6.45, 7) is -0.0889. The summed E-state index contributed by atoms with van der Waals surface area (Å²) in [7, 11) is 1.47. The Balaban J connectivity index is 1.82. The molecular formula is C24H15Cl3F2N2O2. The molecule has 0 amide bonds. The number of hydrogen-bond donors (Lipinski definition) is 0. The lowest BCUT2D eigenvalue weighted by molar-refractivity contribution is 0.274. The van der Waals surface area contributed by atoms with Gasteiger partial charge in [0.15, 0.2) is 11.6 Å². The molecule has 0 radical (unpaired) electrons. The van der Waals surface area contributed by atoms with Gasteiger partial charge in [-0.05, 0) is 53.6 Å². The maximum atomic E-state index is 13.5. The second kappa shape index (κ2) is 9.91. The zero-order valence-corrected chi connectivity index (χ0v) is 19.3. The first kappa shape index (κ1) is 23.2. The van der Waals surface area contributed by atoms with Crippen LogP contribution >= 0.6 is 34.8 Å². The molecule has 4 rings (SSSR count). The van der Waals surface area contributed by atoms with E-state index in [1.54, 1.807) is 42.5 Å². The van der Waals surface area contributed by atoms with Crippen molar-refractivity contribution < 1.29 is 18.3 Å². The van der Waals surface area contributed by atoms with Gasteiger partial charge in [0.2, 0.25) is 5.88 Å². The van der Waals surface area contributed by atoms with E-state index in [0.29, 0.717) is 37.5 Å². The molecule has 0 atom stereocenters. The van der Waals surface area contributed by atoms with Crippen molar-refractivity contribution in [2.24, 2.45) is 0 Å². The number of benzene rings is 3. The molecule has 0 saturated carbocycles. The summed E-state index contributed by atoms with van der Waals surface area (Å²) in [6, 6.07) is 15.5. The Bertz CT molecular complexity index is 1320. The summed E-state index contributed by atoms with van der Waals surface area (Å²) >= 11 is 18.6. The highest BCUT2D eigenvalue weighted by molar-refractivity contribution is 6.36. The van der Waals surface area contributed by atoms with Crippen LogP contribution in [0.5, 0.6) is 11.9 Å². The van der Waals surface area contributed by atoms with Gasteiger partial charge in [0.25, 0.3) is 0 Å². The molecule has 0 fully saturated rings. The fourth-order valence-electron chi connectivity index (χ4n) is 3.16. The average Bonchev–Trinajstić information content (AvgIpc) is 2.80. The molecule has 0 N–H and O–H groups in total. The molecule has 3 aromatic carbocycles. The van der Waals surface area contributed by atoms with Crippen LogP contribution in [0.3, 0.4) is 0 Å². The van der Waals surface area contributed by atoms with Crippen LogP contribution < -0.4 is 9.47 Å². The van der Waals surface area contributed by atoms with E-state index >= 15 is 0 Å². The number of ether oxygens (including phenoxy) is 2. The van der Waals surface area contributed by atoms with E-state index in [9.17, 15) is 8.78 Å². The van der Waals surface area contributed by atoms with Gasteiger partial charge < -0.3 is 9.47 Å². The Morgan fingerprint density at radius 1 is 0.818 bits per heavy atom. The van der Waals surface area contributed by atoms with Crippen molar-refractivity contribution >= 4 is 34.8 Å². The number of aromatic nitrogens is 2. The fourth-order valence-corrected chi connectivity index (χ4v) is 3.79. The molecule has 0 spiro atoms. The molecular weight excluding hydrogens is 493 g/mol. The second-order valence-electron chi connectivity index (χ2n) is 6.91. The van der Waals surface area contributed by atoms with Crippen molar-refractivity contribution in [2.45, 2.75) is 6.61 Å². The third-order valence-electron chi connectivity index (χ3n) is 4.72. The van der Waals surface area contributed by atoms with Crippen LogP contribution in [0.2, 0.25) is 15.1 Å². The fraction of sp³-hybridized carbons (Fsp3) is 0.0833. The Hall–Kier alpha value is -2.93. The van der Waals surface area contributed by atoms with Crippen LogP contribution in [0.4, 0.5) is 8.78 Å². The number of methoxy groups -OCH3 is 1. The number of hydrogen-bond acceptors (Lipinski definition) is 4. The molecule has 0 aliphatic rings. The highest BCUT2D eigenvalue weighted by Gasteiger charge is 2.21. The standard InChI is InChI=1S/C24H15Cl3F2N2O2/c1-32-23-21(14-3-5-15(25)6-4-14)22(17-8-7-16(26)11-18(17)27)30-24(31-23)33-12-13-2-9-19(28)20(29)10-13/h2-11H,12H2,1H3. The van der Waals surface area contributed by atoms with Gasteiger partial charge in [0.05, 0.1) is 23.4 Å². The van der Waals surface area contributed by atoms with E-state index in [0.717, 1.165) is 17.7 Å². The molecule has 0 saturated heterocycles. The minimum Gasteiger partial charge on any atom is -0.480 e. The van der Waals surface area contributed by atoms with Crippen LogP contribution in [0.1, 0.15) is 5.56 Å². The molecule has 1 heterocycles. The zero-order chi connectivity index (χ0) is 23.5. The molecule has 0 aliphatic heterocycles. The van der Waals surface area contributed by atoms with E-state index in [-0.39, 0.29) is 18.5 Å². The molecule has 4 nitrogen and oxygen atoms in total. The average molecular weight is 508 g/mol. The summed E-state index contributed by atoms with van der Waals surface area (Å²) in [5.41, 5.74) is 2.72. The number of halogens is 5. The second-order valence-corrected chi connectivity index (χ2v) is 8.19. The lowest BCUT2D eigenvalue weighted by Crippen LogP contribution is -2.05. The van der Waals surface area contributed by atoms with Gasteiger partial charge in [0.1, 0.15) is 6.61 Å². The van der Waals surface area contributed by atoms with Crippen molar-refractivity contribution in [2.75, 3.05) is 7.11 Å². The third kappa shape index (κ3) is 5.19. The summed E-state index contributed by atoms with van der Waals surface area (Å²) in [6.07, 6.45) is 0. The third-order valence-corrected chi connectivity index (χ3v) is 5.52. The maximum absolute atomic E-state index is 13.5. The maximum Gasteiger partial charge on any atom is 0.320 e. The molecule has 0 aliphatic carbocycles. The van der Waals surface area contributed by atoms with Crippen LogP contribution in [0.15, 0.2) is 60.7 Å². The van der Waals surface area contributed by atoms with E-state index in [1.807, 2.05) is 0 Å². The minimum atomic E-state index is -0.971. The molecule has 0 bridgehead atoms. The lowest BCUT2D eigenvalue weighted by atomic mass is 10.00. The predicted molar refractivity (Wildman–Crippen MR) is 125 cm³/mol. The van der Waals surface area contributed by atoms with Gasteiger partial charge in [-0.2, -0.15) is 9.97 Å². The smallest absolute Gasteiger partial charge is 0.320 e. The summed E-state index contributed by atoms with van der Waals surface area (Å²) in [5.74, 6) is -1.68. The van der Waals surface area contributed by atoms with E-state index < -0.39 is 11.6 Å². The van der Waals surface area contributed by atoms with Crippen molar-refractivity contribution in [1.82, 2.24) is 9.97 Å². The summed E-state index contributed by atoms with van der Waals surface area (Å²) in [4.78, 5) is 8.91. The SMILES string of the molecule is COc1nc(OCc2ccc(F)c(F)c2)nc(-c2ccc(Cl)cc2Cl)c1-c1ccc(Cl)cc1. The highest BCUT2D eigenvalue weighted by atomic mass is 35.5. The Morgan fingerprint density at radius 2 is 1.55 bits per heavy atom. The Morgan fingerprint density at radius 3 is 2.21 bits per heavy atom. The Kier molecular flexibility index (Phi) is 6.98. The van der Waals surface area contributed by atoms with Crippen LogP contribution in [-0.4, -0.2) is 17.1 Å². The normalized spacial score (nSPS) is 10.8. The van der Waals surface area contributed by atoms with Crippen LogP contribution in [0.25, 0.3) is 22.4 Å². The summed E-state index contributed by atoms with van der Waals surface area (Å²) < 4.78 is 38.0. The largest absolute Gasteiger partial charge is 0.480 e. The number of rotatable bonds is 6. The molecule has 168 valence electrons. The van der Waals surface area contributed by atoms with Gasteiger partial charge in [-0.1, -0.05) is 53.0 Å². The Labute approximate surface area is 203 Å². The van der Waals surface area contributed by atoms with Crippen molar-refractivity contribution in [3.8, 4) is 34.3 Å². The van der Waals surface area contributed by atoms with E-state index in [1.165, 1.54) is 13.2 Å². The highest BCUT2D eigenvalue weighted by Crippen LogP contribution is 2.41. The van der Waals surface area contributed by atoms with Crippen LogP contribution in [-0.2, 0) is 6.61 Å². The number of nitrogens with zero attached hydrogens (tertiary/aromatic N) is 2. The molecule has 9 heteroatoms. The van der Waals surface area contributed by atoms with E-state index in [2.05, 4.69) is 9.97 Å². The van der Waals surface area contributed by atoms with Crippen molar-refractivity contribution in [3.63, 3.8) is 0 Å². The molecule has 33 heavy (non-hydrogen) atoms. The van der Waals surface area contributed by atoms with Gasteiger partial charge in [0, 0.05) is 15.6 Å². The van der Waals surface area contributed by atoms with Gasteiger partial charge >= 0.3 is 6.01 Å². The predicted octanol–water partition coefficient (Wildman–Crippen LogP) is 7.64. The van der Waals surface area contributed by atoms with Crippen molar-refractivity contribution in [1.29, 1.82) is 0 Å². The molecule has 0 unspecified atom stereocenters. The first-order chi connectivity index (χ1) is 15.9. The zero-order valence-electron chi connectivity index (χ0n) is 17.1. The van der Waals surface area contributed by atoms with Crippen molar-refractivity contribution in [3.05, 3.63) is 92.9 Å². The quantitative estimate of drug-likeness (QED) is 0.269. The van der Waals surface area contributed by atoms with Gasteiger partial charge in [-0.3, -0.25) is 0 Å². The van der Waals surface area contributed by atoms with Crippen LogP contribution in [0, 0.1) is 11.6 Å². The molecule has 4 aromatic rings. The minimum absolute atomic E-state index is 0.0321. The first-order valence-corrected chi connectivity index (χ1v) is 10.7. The monoisotopic (exact) mass is 506 g/mol. The summed E-state index contributed by atoms with van der Waals surface area (Å²) in [5, 5.41) is 1.40. The lowest BCUT2D eigenvalue weighted by Gasteiger charge is -2.16.